The molecule has 23 heavy (non-hydrogen) atoms. The molecule has 0 saturated carbocycles. The number of aldehydes is 1. The molecule has 0 N–H and O–H groups in total. The van der Waals surface area contributed by atoms with Crippen molar-refractivity contribution in [1.82, 2.24) is 0 Å². The van der Waals surface area contributed by atoms with Crippen molar-refractivity contribution in [1.29, 1.82) is 0 Å². The Kier molecular flexibility index (Phi) is 6.12. The predicted octanol–water partition coefficient (Wildman–Crippen LogP) is 2.12. The van der Waals surface area contributed by atoms with Gasteiger partial charge in [-0.2, -0.15) is 0 Å². The number of piperidine rings is 1. The molecule has 0 bridgehead atoms. The summed E-state index contributed by atoms with van der Waals surface area (Å²) in [6.07, 6.45) is 2.40. The molecule has 0 aromatic heterocycles. The number of esters is 1. The first-order chi connectivity index (χ1) is 11.1. The van der Waals surface area contributed by atoms with Gasteiger partial charge in [0, 0.05) is 44.5 Å². The summed E-state index contributed by atoms with van der Waals surface area (Å²) >= 11 is 0. The van der Waals surface area contributed by atoms with Crippen LogP contribution in [-0.2, 0) is 14.2 Å². The molecule has 1 aliphatic heterocycles. The van der Waals surface area contributed by atoms with Gasteiger partial charge in [-0.25, -0.2) is 4.79 Å². The third kappa shape index (κ3) is 3.89. The number of rotatable bonds is 6. The zero-order valence-corrected chi connectivity index (χ0v) is 13.8. The van der Waals surface area contributed by atoms with Crippen LogP contribution in [0.5, 0.6) is 0 Å². The second kappa shape index (κ2) is 8.08. The van der Waals surface area contributed by atoms with Gasteiger partial charge in [0.25, 0.3) is 0 Å². The molecule has 1 heterocycles. The maximum Gasteiger partial charge on any atom is 0.338 e. The van der Waals surface area contributed by atoms with E-state index in [0.717, 1.165) is 31.6 Å². The summed E-state index contributed by atoms with van der Waals surface area (Å²) < 4.78 is 15.4. The number of anilines is 1. The van der Waals surface area contributed by atoms with Gasteiger partial charge in [0.2, 0.25) is 0 Å². The number of nitrogens with zero attached hydrogens (tertiary/aromatic N) is 1. The Labute approximate surface area is 136 Å². The van der Waals surface area contributed by atoms with Crippen molar-refractivity contribution >= 4 is 17.9 Å². The van der Waals surface area contributed by atoms with Crippen LogP contribution < -0.4 is 4.90 Å². The summed E-state index contributed by atoms with van der Waals surface area (Å²) in [6, 6.07) is 5.23. The molecule has 6 heteroatoms. The smallest absolute Gasteiger partial charge is 0.338 e. The van der Waals surface area contributed by atoms with E-state index in [-0.39, 0.29) is 6.29 Å². The van der Waals surface area contributed by atoms with E-state index in [1.807, 2.05) is 6.07 Å². The molecule has 2 rings (SSSR count). The number of carbonyl (C=O) groups excluding carboxylic acids is 2. The van der Waals surface area contributed by atoms with Gasteiger partial charge in [-0.05, 0) is 31.0 Å². The largest absolute Gasteiger partial charge is 0.465 e. The monoisotopic (exact) mass is 321 g/mol. The highest BCUT2D eigenvalue weighted by Crippen LogP contribution is 2.28. The van der Waals surface area contributed by atoms with Crippen molar-refractivity contribution in [2.75, 3.05) is 39.3 Å². The lowest BCUT2D eigenvalue weighted by Crippen LogP contribution is -2.39. The SMILES string of the molecule is COC(=O)c1ccc(N2CCC(C(OC)OC)CC2)cc1C=O. The van der Waals surface area contributed by atoms with Crippen molar-refractivity contribution in [3.8, 4) is 0 Å². The van der Waals surface area contributed by atoms with Crippen molar-refractivity contribution < 1.29 is 23.8 Å². The fourth-order valence-corrected chi connectivity index (χ4v) is 3.05. The average molecular weight is 321 g/mol. The number of methoxy groups -OCH3 is 3. The Morgan fingerprint density at radius 2 is 1.87 bits per heavy atom. The summed E-state index contributed by atoms with van der Waals surface area (Å²) in [6.45, 7) is 1.70. The topological polar surface area (TPSA) is 65.1 Å². The fraction of sp³-hybridized carbons (Fsp3) is 0.529. The second-order valence-corrected chi connectivity index (χ2v) is 5.55. The van der Waals surface area contributed by atoms with E-state index < -0.39 is 5.97 Å². The minimum atomic E-state index is -0.500. The van der Waals surface area contributed by atoms with Crippen LogP contribution >= 0.6 is 0 Å². The summed E-state index contributed by atoms with van der Waals surface area (Å²) in [4.78, 5) is 25.1. The highest BCUT2D eigenvalue weighted by atomic mass is 16.7. The molecule has 1 aromatic carbocycles. The lowest BCUT2D eigenvalue weighted by Gasteiger charge is -2.36. The van der Waals surface area contributed by atoms with Crippen LogP contribution in [0.25, 0.3) is 0 Å². The van der Waals surface area contributed by atoms with Gasteiger partial charge >= 0.3 is 5.97 Å². The Bertz CT molecular complexity index is 548. The summed E-state index contributed by atoms with van der Waals surface area (Å²) in [5.41, 5.74) is 1.58. The van der Waals surface area contributed by atoms with Gasteiger partial charge in [-0.15, -0.1) is 0 Å². The molecule has 126 valence electrons. The normalized spacial score (nSPS) is 15.7. The minimum absolute atomic E-state index is 0.176. The maximum absolute atomic E-state index is 11.6. The Balaban J connectivity index is 2.09. The molecule has 1 fully saturated rings. The minimum Gasteiger partial charge on any atom is -0.465 e. The Morgan fingerprint density at radius 3 is 2.39 bits per heavy atom. The quantitative estimate of drug-likeness (QED) is 0.454. The third-order valence-electron chi connectivity index (χ3n) is 4.32. The van der Waals surface area contributed by atoms with Crippen LogP contribution in [0.2, 0.25) is 0 Å². The van der Waals surface area contributed by atoms with Crippen molar-refractivity contribution in [2.45, 2.75) is 19.1 Å². The van der Waals surface area contributed by atoms with Gasteiger partial charge in [-0.3, -0.25) is 4.79 Å². The molecule has 0 unspecified atom stereocenters. The van der Waals surface area contributed by atoms with Crippen LogP contribution in [0.1, 0.15) is 33.6 Å². The van der Waals surface area contributed by atoms with Crippen LogP contribution in [0.3, 0.4) is 0 Å². The number of hydrogen-bond acceptors (Lipinski definition) is 6. The lowest BCUT2D eigenvalue weighted by molar-refractivity contribution is -0.141. The zero-order chi connectivity index (χ0) is 16.8. The lowest BCUT2D eigenvalue weighted by atomic mass is 9.95. The number of ether oxygens (including phenoxy) is 3. The van der Waals surface area contributed by atoms with Crippen LogP contribution in [0, 0.1) is 5.92 Å². The van der Waals surface area contributed by atoms with Crippen LogP contribution in [-0.4, -0.2) is 53.0 Å². The fourth-order valence-electron chi connectivity index (χ4n) is 3.05. The maximum atomic E-state index is 11.6. The molecule has 0 aliphatic carbocycles. The van der Waals surface area contributed by atoms with Gasteiger partial charge in [0.05, 0.1) is 12.7 Å². The first-order valence-electron chi connectivity index (χ1n) is 7.62. The Morgan fingerprint density at radius 1 is 1.22 bits per heavy atom. The van der Waals surface area contributed by atoms with E-state index in [2.05, 4.69) is 4.90 Å². The molecule has 0 radical (unpaired) electrons. The molecule has 0 spiro atoms. The van der Waals surface area contributed by atoms with E-state index in [0.29, 0.717) is 23.3 Å². The number of carbonyl (C=O) groups is 2. The first kappa shape index (κ1) is 17.4. The molecule has 1 saturated heterocycles. The van der Waals surface area contributed by atoms with E-state index >= 15 is 0 Å². The van der Waals surface area contributed by atoms with Crippen molar-refractivity contribution in [2.24, 2.45) is 5.92 Å². The van der Waals surface area contributed by atoms with Gasteiger partial charge in [-0.1, -0.05) is 0 Å². The highest BCUT2D eigenvalue weighted by Gasteiger charge is 2.27. The van der Waals surface area contributed by atoms with Crippen molar-refractivity contribution in [3.05, 3.63) is 29.3 Å². The molecular weight excluding hydrogens is 298 g/mol. The molecule has 1 aliphatic rings. The van der Waals surface area contributed by atoms with E-state index in [4.69, 9.17) is 14.2 Å². The number of hydrogen-bond donors (Lipinski definition) is 0. The predicted molar refractivity (Wildman–Crippen MR) is 85.9 cm³/mol. The molecular formula is C17H23NO5. The summed E-state index contributed by atoms with van der Waals surface area (Å²) in [7, 11) is 4.61. The second-order valence-electron chi connectivity index (χ2n) is 5.55. The first-order valence-corrected chi connectivity index (χ1v) is 7.62. The standard InChI is InChI=1S/C17H23NO5/c1-21-16(20)15-5-4-14(10-13(15)11-19)18-8-6-12(7-9-18)17(22-2)23-3/h4-5,10-12,17H,6-9H2,1-3H3. The number of benzene rings is 1. The van der Waals surface area contributed by atoms with E-state index in [9.17, 15) is 9.59 Å². The van der Waals surface area contributed by atoms with Gasteiger partial charge < -0.3 is 19.1 Å². The zero-order valence-electron chi connectivity index (χ0n) is 13.8. The van der Waals surface area contributed by atoms with Gasteiger partial charge in [0.15, 0.2) is 12.6 Å². The van der Waals surface area contributed by atoms with Crippen LogP contribution in [0.4, 0.5) is 5.69 Å². The molecule has 6 nitrogen and oxygen atoms in total. The summed E-state index contributed by atoms with van der Waals surface area (Å²) in [5, 5.41) is 0. The van der Waals surface area contributed by atoms with E-state index in [1.54, 1.807) is 26.4 Å². The summed E-state index contributed by atoms with van der Waals surface area (Å²) in [5.74, 6) is -0.137. The van der Waals surface area contributed by atoms with Gasteiger partial charge in [0.1, 0.15) is 0 Å². The average Bonchev–Trinajstić information content (AvgIpc) is 2.62. The van der Waals surface area contributed by atoms with E-state index in [1.165, 1.54) is 7.11 Å². The molecule has 1 aromatic rings. The third-order valence-corrected chi connectivity index (χ3v) is 4.32. The highest BCUT2D eigenvalue weighted by molar-refractivity contribution is 5.99. The van der Waals surface area contributed by atoms with Crippen molar-refractivity contribution in [3.63, 3.8) is 0 Å². The Hall–Kier alpha value is -1.92. The molecule has 0 amide bonds. The molecule has 0 atom stereocenters. The van der Waals surface area contributed by atoms with Crippen LogP contribution in [0.15, 0.2) is 18.2 Å².